The Hall–Kier alpha value is -2.86. The topological polar surface area (TPSA) is 70.2 Å². The third kappa shape index (κ3) is 4.65. The molecule has 6 nitrogen and oxygen atoms in total. The molecule has 0 aliphatic heterocycles. The highest BCUT2D eigenvalue weighted by atomic mass is 16.5. The quantitative estimate of drug-likeness (QED) is 0.610. The van der Waals surface area contributed by atoms with Gasteiger partial charge in [0.15, 0.2) is 0 Å². The Morgan fingerprint density at radius 2 is 1.96 bits per heavy atom. The Morgan fingerprint density at radius 3 is 2.78 bits per heavy atom. The van der Waals surface area contributed by atoms with Crippen LogP contribution in [0.2, 0.25) is 0 Å². The van der Waals surface area contributed by atoms with Gasteiger partial charge >= 0.3 is 0 Å². The number of carbonyl (C=O) groups is 1. The molecule has 0 fully saturated rings. The number of likely N-dealkylation sites (N-methyl/N-ethyl adjacent to an activating group) is 1. The van der Waals surface area contributed by atoms with Crippen molar-refractivity contribution in [2.45, 2.75) is 20.4 Å². The van der Waals surface area contributed by atoms with E-state index in [2.05, 4.69) is 34.3 Å². The number of ether oxygens (including phenoxy) is 1. The van der Waals surface area contributed by atoms with Crippen LogP contribution in [0.5, 0.6) is 5.75 Å². The number of aromatic nitrogens is 2. The second-order valence-corrected chi connectivity index (χ2v) is 6.31. The first-order valence-corrected chi connectivity index (χ1v) is 9.36. The van der Waals surface area contributed by atoms with Crippen LogP contribution in [0.3, 0.4) is 0 Å². The Bertz CT molecular complexity index is 887. The smallest absolute Gasteiger partial charge is 0.253 e. The fourth-order valence-corrected chi connectivity index (χ4v) is 3.04. The van der Waals surface area contributed by atoms with Crippen LogP contribution in [-0.4, -0.2) is 47.2 Å². The van der Waals surface area contributed by atoms with Gasteiger partial charge in [-0.2, -0.15) is 5.10 Å². The predicted octanol–water partition coefficient (Wildman–Crippen LogP) is 3.21. The molecule has 0 saturated heterocycles. The number of rotatable bonds is 9. The number of para-hydroxylation sites is 2. The Morgan fingerprint density at radius 1 is 1.15 bits per heavy atom. The first-order valence-electron chi connectivity index (χ1n) is 9.36. The number of hydrogen-bond donors (Lipinski definition) is 2. The van der Waals surface area contributed by atoms with E-state index >= 15 is 0 Å². The lowest BCUT2D eigenvalue weighted by atomic mass is 10.1. The van der Waals surface area contributed by atoms with Gasteiger partial charge in [-0.1, -0.05) is 44.2 Å². The molecule has 0 aliphatic rings. The first-order chi connectivity index (χ1) is 13.2. The standard InChI is InChI=1S/C21H26N4O2/c1-3-25(4-2)12-13-27-19-11-6-5-8-16(19)14-22-21(26)18-10-7-9-17-15-23-24-20(17)18/h5-11,15H,3-4,12-14H2,1-2H3,(H,22,26)(H,23,24). The molecule has 0 unspecified atom stereocenters. The number of H-pyrrole nitrogens is 1. The molecule has 0 atom stereocenters. The molecule has 27 heavy (non-hydrogen) atoms. The van der Waals surface area contributed by atoms with Crippen molar-refractivity contribution in [2.24, 2.45) is 0 Å². The van der Waals surface area contributed by atoms with Crippen molar-refractivity contribution >= 4 is 16.8 Å². The largest absolute Gasteiger partial charge is 0.492 e. The van der Waals surface area contributed by atoms with Crippen LogP contribution in [0.25, 0.3) is 10.9 Å². The summed E-state index contributed by atoms with van der Waals surface area (Å²) in [6.45, 7) is 8.23. The SMILES string of the molecule is CCN(CC)CCOc1ccccc1CNC(=O)c1cccc2cn[nH]c12. The summed E-state index contributed by atoms with van der Waals surface area (Å²) in [4.78, 5) is 14.9. The highest BCUT2D eigenvalue weighted by molar-refractivity contribution is 6.05. The van der Waals surface area contributed by atoms with Gasteiger partial charge < -0.3 is 15.0 Å². The van der Waals surface area contributed by atoms with Gasteiger partial charge in [0.2, 0.25) is 0 Å². The third-order valence-electron chi connectivity index (χ3n) is 4.69. The summed E-state index contributed by atoms with van der Waals surface area (Å²) in [5, 5.41) is 10.8. The third-order valence-corrected chi connectivity index (χ3v) is 4.69. The van der Waals surface area contributed by atoms with E-state index in [9.17, 15) is 4.79 Å². The number of carbonyl (C=O) groups excluding carboxylic acids is 1. The summed E-state index contributed by atoms with van der Waals surface area (Å²) >= 11 is 0. The van der Waals surface area contributed by atoms with Crippen molar-refractivity contribution in [3.63, 3.8) is 0 Å². The fourth-order valence-electron chi connectivity index (χ4n) is 3.04. The van der Waals surface area contributed by atoms with Crippen molar-refractivity contribution in [3.8, 4) is 5.75 Å². The molecule has 6 heteroatoms. The molecule has 2 aromatic carbocycles. The first kappa shape index (κ1) is 18.9. The van der Waals surface area contributed by atoms with Gasteiger partial charge in [0.1, 0.15) is 12.4 Å². The molecule has 1 amide bonds. The van der Waals surface area contributed by atoms with Gasteiger partial charge in [0.25, 0.3) is 5.91 Å². The molecule has 3 aromatic rings. The molecule has 0 radical (unpaired) electrons. The van der Waals surface area contributed by atoms with Gasteiger partial charge in [-0.15, -0.1) is 0 Å². The maximum atomic E-state index is 12.6. The minimum Gasteiger partial charge on any atom is -0.492 e. The van der Waals surface area contributed by atoms with E-state index in [1.54, 1.807) is 12.3 Å². The second kappa shape index (κ2) is 9.19. The van der Waals surface area contributed by atoms with E-state index in [1.807, 2.05) is 36.4 Å². The number of nitrogens with one attached hydrogen (secondary N) is 2. The van der Waals surface area contributed by atoms with Gasteiger partial charge in [0.05, 0.1) is 17.3 Å². The molecular formula is C21H26N4O2. The maximum Gasteiger partial charge on any atom is 0.253 e. The number of aromatic amines is 1. The van der Waals surface area contributed by atoms with Crippen molar-refractivity contribution in [3.05, 3.63) is 59.8 Å². The highest BCUT2D eigenvalue weighted by Crippen LogP contribution is 2.19. The van der Waals surface area contributed by atoms with E-state index < -0.39 is 0 Å². The van der Waals surface area contributed by atoms with Crippen LogP contribution < -0.4 is 10.1 Å². The van der Waals surface area contributed by atoms with Crippen molar-refractivity contribution < 1.29 is 9.53 Å². The van der Waals surface area contributed by atoms with E-state index in [-0.39, 0.29) is 5.91 Å². The van der Waals surface area contributed by atoms with Crippen LogP contribution in [0.15, 0.2) is 48.7 Å². The normalized spacial score (nSPS) is 11.1. The van der Waals surface area contributed by atoms with Gasteiger partial charge in [-0.25, -0.2) is 0 Å². The molecule has 3 rings (SSSR count). The van der Waals surface area contributed by atoms with Crippen molar-refractivity contribution in [1.82, 2.24) is 20.4 Å². The summed E-state index contributed by atoms with van der Waals surface area (Å²) < 4.78 is 5.96. The zero-order valence-electron chi connectivity index (χ0n) is 15.9. The lowest BCUT2D eigenvalue weighted by Gasteiger charge is -2.19. The minimum absolute atomic E-state index is 0.136. The van der Waals surface area contributed by atoms with Gasteiger partial charge in [-0.05, 0) is 25.2 Å². The number of nitrogens with zero attached hydrogens (tertiary/aromatic N) is 2. The predicted molar refractivity (Wildman–Crippen MR) is 107 cm³/mol. The van der Waals surface area contributed by atoms with Crippen LogP contribution in [0.4, 0.5) is 0 Å². The number of fused-ring (bicyclic) bond motifs is 1. The highest BCUT2D eigenvalue weighted by Gasteiger charge is 2.12. The van der Waals surface area contributed by atoms with E-state index in [0.717, 1.165) is 41.9 Å². The van der Waals surface area contributed by atoms with Crippen molar-refractivity contribution in [2.75, 3.05) is 26.2 Å². The zero-order chi connectivity index (χ0) is 19.1. The van der Waals surface area contributed by atoms with E-state index in [0.29, 0.717) is 18.7 Å². The fraction of sp³-hybridized carbons (Fsp3) is 0.333. The average Bonchev–Trinajstić information content (AvgIpc) is 3.19. The van der Waals surface area contributed by atoms with Crippen LogP contribution in [-0.2, 0) is 6.54 Å². The molecule has 0 aliphatic carbocycles. The molecule has 2 N–H and O–H groups in total. The van der Waals surface area contributed by atoms with Gasteiger partial charge in [0, 0.05) is 24.0 Å². The minimum atomic E-state index is -0.136. The molecule has 0 saturated carbocycles. The summed E-state index contributed by atoms with van der Waals surface area (Å²) in [5.41, 5.74) is 2.30. The Labute approximate surface area is 159 Å². The molecule has 0 spiro atoms. The lowest BCUT2D eigenvalue weighted by Crippen LogP contribution is -2.28. The van der Waals surface area contributed by atoms with Crippen LogP contribution in [0.1, 0.15) is 29.8 Å². The molecule has 1 heterocycles. The maximum absolute atomic E-state index is 12.6. The summed E-state index contributed by atoms with van der Waals surface area (Å²) in [6, 6.07) is 13.4. The van der Waals surface area contributed by atoms with E-state index in [1.165, 1.54) is 0 Å². The second-order valence-electron chi connectivity index (χ2n) is 6.31. The lowest BCUT2D eigenvalue weighted by molar-refractivity contribution is 0.0952. The number of benzene rings is 2. The number of hydrogen-bond acceptors (Lipinski definition) is 4. The van der Waals surface area contributed by atoms with Crippen molar-refractivity contribution in [1.29, 1.82) is 0 Å². The van der Waals surface area contributed by atoms with E-state index in [4.69, 9.17) is 4.74 Å². The Balaban J connectivity index is 1.62. The molecular weight excluding hydrogens is 340 g/mol. The van der Waals surface area contributed by atoms with Crippen LogP contribution in [0, 0.1) is 0 Å². The zero-order valence-corrected chi connectivity index (χ0v) is 15.9. The van der Waals surface area contributed by atoms with Crippen LogP contribution >= 0.6 is 0 Å². The molecule has 142 valence electrons. The monoisotopic (exact) mass is 366 g/mol. The molecule has 0 bridgehead atoms. The summed E-state index contributed by atoms with van der Waals surface area (Å²) in [7, 11) is 0. The Kier molecular flexibility index (Phi) is 6.44. The van der Waals surface area contributed by atoms with Gasteiger partial charge in [-0.3, -0.25) is 9.89 Å². The summed E-state index contributed by atoms with van der Waals surface area (Å²) in [6.07, 6.45) is 1.71. The average molecular weight is 366 g/mol. The molecule has 1 aromatic heterocycles. The summed E-state index contributed by atoms with van der Waals surface area (Å²) in [5.74, 6) is 0.674. The number of amides is 1.